The van der Waals surface area contributed by atoms with Gasteiger partial charge in [0.15, 0.2) is 0 Å². The molecule has 22 heavy (non-hydrogen) atoms. The molecule has 1 amide bonds. The first-order chi connectivity index (χ1) is 10.2. The van der Waals surface area contributed by atoms with E-state index < -0.39 is 17.4 Å². The van der Waals surface area contributed by atoms with Crippen molar-refractivity contribution in [3.8, 4) is 5.69 Å². The van der Waals surface area contributed by atoms with Crippen LogP contribution < -0.4 is 5.32 Å². The molecule has 7 heteroatoms. The minimum atomic E-state index is -1.34. The molecule has 0 saturated carbocycles. The molecule has 0 bridgehead atoms. The molecule has 1 aromatic heterocycles. The van der Waals surface area contributed by atoms with Crippen LogP contribution in [-0.2, 0) is 4.79 Å². The third-order valence-electron chi connectivity index (χ3n) is 3.29. The highest BCUT2D eigenvalue weighted by molar-refractivity contribution is 9.10. The molecule has 0 spiro atoms. The molecule has 6 nitrogen and oxygen atoms in total. The summed E-state index contributed by atoms with van der Waals surface area (Å²) in [6.07, 6.45) is 1.44. The van der Waals surface area contributed by atoms with E-state index in [0.29, 0.717) is 11.3 Å². The van der Waals surface area contributed by atoms with Crippen molar-refractivity contribution in [1.29, 1.82) is 0 Å². The number of hydrogen-bond donors (Lipinski definition) is 2. The van der Waals surface area contributed by atoms with Gasteiger partial charge < -0.3 is 10.4 Å². The average Bonchev–Trinajstić information content (AvgIpc) is 2.81. The molecule has 0 fully saturated rings. The number of halogens is 1. The quantitative estimate of drug-likeness (QED) is 0.871. The van der Waals surface area contributed by atoms with Crippen molar-refractivity contribution in [3.05, 3.63) is 46.2 Å². The Kier molecular flexibility index (Phi) is 4.37. The van der Waals surface area contributed by atoms with Crippen LogP contribution in [0.15, 0.2) is 34.9 Å². The molecular weight excluding hydrogens is 350 g/mol. The maximum Gasteiger partial charge on any atom is 0.328 e. The number of benzene rings is 1. The van der Waals surface area contributed by atoms with Gasteiger partial charge in [0.2, 0.25) is 0 Å². The van der Waals surface area contributed by atoms with E-state index >= 15 is 0 Å². The van der Waals surface area contributed by atoms with Crippen LogP contribution in [0, 0.1) is 6.92 Å². The topological polar surface area (TPSA) is 84.2 Å². The summed E-state index contributed by atoms with van der Waals surface area (Å²) in [7, 11) is 0. The molecule has 0 saturated heterocycles. The Hall–Kier alpha value is -2.15. The number of aromatic nitrogens is 2. The second kappa shape index (κ2) is 5.92. The van der Waals surface area contributed by atoms with Crippen molar-refractivity contribution >= 4 is 27.8 Å². The summed E-state index contributed by atoms with van der Waals surface area (Å²) in [4.78, 5) is 23.3. The van der Waals surface area contributed by atoms with Gasteiger partial charge in [0.25, 0.3) is 5.91 Å². The normalized spacial score (nSPS) is 11.3. The highest BCUT2D eigenvalue weighted by Crippen LogP contribution is 2.17. The van der Waals surface area contributed by atoms with Crippen molar-refractivity contribution in [2.45, 2.75) is 26.3 Å². The van der Waals surface area contributed by atoms with E-state index in [-0.39, 0.29) is 0 Å². The van der Waals surface area contributed by atoms with Gasteiger partial charge in [-0.3, -0.25) is 4.79 Å². The van der Waals surface area contributed by atoms with Gasteiger partial charge in [0.1, 0.15) is 5.54 Å². The first-order valence-electron chi connectivity index (χ1n) is 6.59. The zero-order valence-corrected chi connectivity index (χ0v) is 14.0. The fraction of sp³-hybridized carbons (Fsp3) is 0.267. The molecule has 0 aliphatic heterocycles. The van der Waals surface area contributed by atoms with Crippen molar-refractivity contribution in [2.24, 2.45) is 0 Å². The van der Waals surface area contributed by atoms with E-state index in [0.717, 1.165) is 10.2 Å². The maximum atomic E-state index is 12.2. The molecule has 0 radical (unpaired) electrons. The van der Waals surface area contributed by atoms with Crippen LogP contribution in [0.4, 0.5) is 0 Å². The number of rotatable bonds is 4. The Morgan fingerprint density at radius 2 is 1.86 bits per heavy atom. The number of aliphatic carboxylic acids is 1. The van der Waals surface area contributed by atoms with Crippen LogP contribution in [0.1, 0.15) is 29.9 Å². The minimum Gasteiger partial charge on any atom is -0.480 e. The first-order valence-corrected chi connectivity index (χ1v) is 7.38. The number of hydrogen-bond acceptors (Lipinski definition) is 3. The third kappa shape index (κ3) is 3.19. The summed E-state index contributed by atoms with van der Waals surface area (Å²) in [5, 5.41) is 15.8. The average molecular weight is 366 g/mol. The number of carbonyl (C=O) groups excluding carboxylic acids is 1. The molecule has 0 aliphatic rings. The Labute approximate surface area is 136 Å². The van der Waals surface area contributed by atoms with Gasteiger partial charge in [-0.25, -0.2) is 9.48 Å². The largest absolute Gasteiger partial charge is 0.480 e. The van der Waals surface area contributed by atoms with Gasteiger partial charge in [0.05, 0.1) is 23.1 Å². The summed E-state index contributed by atoms with van der Waals surface area (Å²) >= 11 is 3.36. The molecule has 2 N–H and O–H groups in total. The highest BCUT2D eigenvalue weighted by atomic mass is 79.9. The zero-order chi connectivity index (χ0) is 16.5. The van der Waals surface area contributed by atoms with Crippen LogP contribution >= 0.6 is 15.9 Å². The fourth-order valence-corrected chi connectivity index (χ4v) is 2.14. The van der Waals surface area contributed by atoms with Gasteiger partial charge in [0, 0.05) is 4.47 Å². The van der Waals surface area contributed by atoms with E-state index in [1.807, 2.05) is 24.3 Å². The first kappa shape index (κ1) is 16.2. The summed E-state index contributed by atoms with van der Waals surface area (Å²) in [6.45, 7) is 4.63. The lowest BCUT2D eigenvalue weighted by molar-refractivity contribution is -0.143. The summed E-state index contributed by atoms with van der Waals surface area (Å²) in [5.41, 5.74) is 0.457. The van der Waals surface area contributed by atoms with Gasteiger partial charge in [-0.05, 0) is 45.0 Å². The van der Waals surface area contributed by atoms with Gasteiger partial charge in [-0.2, -0.15) is 5.10 Å². The van der Waals surface area contributed by atoms with E-state index in [1.165, 1.54) is 20.0 Å². The molecule has 116 valence electrons. The lowest BCUT2D eigenvalue weighted by Gasteiger charge is -2.20. The molecule has 0 aliphatic carbocycles. The van der Waals surface area contributed by atoms with Gasteiger partial charge in [-0.1, -0.05) is 15.9 Å². The van der Waals surface area contributed by atoms with Crippen LogP contribution in [-0.4, -0.2) is 32.3 Å². The van der Waals surface area contributed by atoms with Gasteiger partial charge >= 0.3 is 5.97 Å². The predicted octanol–water partition coefficient (Wildman–Crippen LogP) is 2.54. The maximum absolute atomic E-state index is 12.2. The monoisotopic (exact) mass is 365 g/mol. The Morgan fingerprint density at radius 1 is 1.27 bits per heavy atom. The Balaban J connectivity index is 2.30. The SMILES string of the molecule is Cc1c(C(=O)NC(C)(C)C(=O)O)cnn1-c1ccc(Br)cc1. The summed E-state index contributed by atoms with van der Waals surface area (Å²) in [5.74, 6) is -1.56. The number of nitrogens with one attached hydrogen (secondary N) is 1. The smallest absolute Gasteiger partial charge is 0.328 e. The molecule has 2 rings (SSSR count). The van der Waals surface area contributed by atoms with Crippen LogP contribution in [0.2, 0.25) is 0 Å². The van der Waals surface area contributed by atoms with Crippen molar-refractivity contribution in [3.63, 3.8) is 0 Å². The lowest BCUT2D eigenvalue weighted by Crippen LogP contribution is -2.49. The minimum absolute atomic E-state index is 0.345. The standard InChI is InChI=1S/C15H16BrN3O3/c1-9-12(13(20)18-15(2,3)14(21)22)8-17-19(9)11-6-4-10(16)5-7-11/h4-8H,1-3H3,(H,18,20)(H,21,22). The Bertz CT molecular complexity index is 720. The van der Waals surface area contributed by atoms with E-state index in [9.17, 15) is 9.59 Å². The molecule has 1 aromatic carbocycles. The van der Waals surface area contributed by atoms with E-state index in [4.69, 9.17) is 5.11 Å². The van der Waals surface area contributed by atoms with Crippen LogP contribution in [0.3, 0.4) is 0 Å². The Morgan fingerprint density at radius 3 is 2.41 bits per heavy atom. The summed E-state index contributed by atoms with van der Waals surface area (Å²) in [6, 6.07) is 7.49. The molecule has 1 heterocycles. The fourth-order valence-electron chi connectivity index (χ4n) is 1.88. The number of amides is 1. The molecule has 0 atom stereocenters. The van der Waals surface area contributed by atoms with Gasteiger partial charge in [-0.15, -0.1) is 0 Å². The second-order valence-electron chi connectivity index (χ2n) is 5.42. The summed E-state index contributed by atoms with van der Waals surface area (Å²) < 4.78 is 2.58. The number of nitrogens with zero attached hydrogens (tertiary/aromatic N) is 2. The van der Waals surface area contributed by atoms with Crippen molar-refractivity contribution in [2.75, 3.05) is 0 Å². The van der Waals surface area contributed by atoms with E-state index in [1.54, 1.807) is 11.6 Å². The number of carbonyl (C=O) groups is 2. The third-order valence-corrected chi connectivity index (χ3v) is 3.81. The zero-order valence-electron chi connectivity index (χ0n) is 12.4. The molecule has 0 unspecified atom stereocenters. The second-order valence-corrected chi connectivity index (χ2v) is 6.33. The number of carboxylic acids is 1. The van der Waals surface area contributed by atoms with Crippen LogP contribution in [0.5, 0.6) is 0 Å². The predicted molar refractivity (Wildman–Crippen MR) is 85.2 cm³/mol. The lowest BCUT2D eigenvalue weighted by atomic mass is 10.1. The molecule has 2 aromatic rings. The van der Waals surface area contributed by atoms with E-state index in [2.05, 4.69) is 26.3 Å². The van der Waals surface area contributed by atoms with Crippen LogP contribution in [0.25, 0.3) is 5.69 Å². The highest BCUT2D eigenvalue weighted by Gasteiger charge is 2.30. The molecular formula is C15H16BrN3O3. The number of carboxylic acid groups (broad SMARTS) is 1. The van der Waals surface area contributed by atoms with Crippen molar-refractivity contribution < 1.29 is 14.7 Å². The van der Waals surface area contributed by atoms with Crippen molar-refractivity contribution in [1.82, 2.24) is 15.1 Å².